The maximum Gasteiger partial charge on any atom is 0.151 e. The van der Waals surface area contributed by atoms with Crippen LogP contribution in [0.15, 0.2) is 48.8 Å². The van der Waals surface area contributed by atoms with Crippen LogP contribution in [0.1, 0.15) is 11.4 Å². The second-order valence-electron chi connectivity index (χ2n) is 4.74. The molecular formula is C16H17N3O. The van der Waals surface area contributed by atoms with Gasteiger partial charge in [0.05, 0.1) is 17.4 Å². The van der Waals surface area contributed by atoms with Crippen molar-refractivity contribution in [1.29, 1.82) is 0 Å². The molecule has 0 fully saturated rings. The third-order valence-corrected chi connectivity index (χ3v) is 3.28. The van der Waals surface area contributed by atoms with Crippen LogP contribution in [0, 0.1) is 6.92 Å². The number of aromatic nitrogens is 2. The molecule has 102 valence electrons. The van der Waals surface area contributed by atoms with Crippen molar-refractivity contribution in [3.63, 3.8) is 0 Å². The number of hydrogen-bond donors (Lipinski definition) is 1. The Bertz CT molecular complexity index is 716. The number of ether oxygens (including phenoxy) is 1. The quantitative estimate of drug-likeness (QED) is 0.788. The lowest BCUT2D eigenvalue weighted by Crippen LogP contribution is -2.02. The molecule has 2 heterocycles. The molecule has 0 aliphatic carbocycles. The molecule has 0 spiro atoms. The van der Waals surface area contributed by atoms with E-state index >= 15 is 0 Å². The van der Waals surface area contributed by atoms with E-state index in [1.807, 2.05) is 60.2 Å². The number of rotatable bonds is 4. The molecule has 1 aromatic carbocycles. The van der Waals surface area contributed by atoms with Gasteiger partial charge >= 0.3 is 0 Å². The smallest absolute Gasteiger partial charge is 0.151 e. The number of fused-ring (bicyclic) bond motifs is 1. The standard InChI is InChI=1S/C16H17N3O/c1-12-3-7-15(8-4-12)20-11-16-18-9-14-6-5-13(17-2)10-19(14)16/h3-10,17H,11H2,1-2H3. The zero-order chi connectivity index (χ0) is 13.9. The summed E-state index contributed by atoms with van der Waals surface area (Å²) in [7, 11) is 1.90. The molecule has 20 heavy (non-hydrogen) atoms. The van der Waals surface area contributed by atoms with Gasteiger partial charge in [0.1, 0.15) is 12.4 Å². The first kappa shape index (κ1) is 12.5. The van der Waals surface area contributed by atoms with Gasteiger partial charge in [0, 0.05) is 13.2 Å². The van der Waals surface area contributed by atoms with Crippen LogP contribution in [0.2, 0.25) is 0 Å². The first-order chi connectivity index (χ1) is 9.76. The van der Waals surface area contributed by atoms with E-state index in [2.05, 4.69) is 17.2 Å². The van der Waals surface area contributed by atoms with Crippen molar-refractivity contribution in [3.05, 3.63) is 60.2 Å². The van der Waals surface area contributed by atoms with Crippen molar-refractivity contribution in [2.75, 3.05) is 12.4 Å². The zero-order valence-electron chi connectivity index (χ0n) is 11.6. The maximum atomic E-state index is 5.78. The lowest BCUT2D eigenvalue weighted by Gasteiger charge is -2.07. The summed E-state index contributed by atoms with van der Waals surface area (Å²) in [5.41, 5.74) is 3.33. The van der Waals surface area contributed by atoms with Crippen molar-refractivity contribution < 1.29 is 4.74 Å². The monoisotopic (exact) mass is 267 g/mol. The summed E-state index contributed by atoms with van der Waals surface area (Å²) < 4.78 is 7.82. The molecule has 2 aromatic heterocycles. The van der Waals surface area contributed by atoms with Gasteiger partial charge in [-0.2, -0.15) is 0 Å². The van der Waals surface area contributed by atoms with Crippen molar-refractivity contribution in [3.8, 4) is 5.75 Å². The Kier molecular flexibility index (Phi) is 3.29. The van der Waals surface area contributed by atoms with Crippen LogP contribution in [0.25, 0.3) is 5.52 Å². The van der Waals surface area contributed by atoms with Gasteiger partial charge in [0.2, 0.25) is 0 Å². The van der Waals surface area contributed by atoms with Gasteiger partial charge in [-0.25, -0.2) is 4.98 Å². The van der Waals surface area contributed by atoms with Gasteiger partial charge < -0.3 is 10.1 Å². The van der Waals surface area contributed by atoms with Gasteiger partial charge in [-0.05, 0) is 31.2 Å². The number of hydrogen-bond acceptors (Lipinski definition) is 3. The van der Waals surface area contributed by atoms with E-state index in [4.69, 9.17) is 4.74 Å². The number of pyridine rings is 1. The first-order valence-corrected chi connectivity index (χ1v) is 6.59. The van der Waals surface area contributed by atoms with Crippen molar-refractivity contribution in [2.24, 2.45) is 0 Å². The van der Waals surface area contributed by atoms with Crippen LogP contribution in [-0.2, 0) is 6.61 Å². The average Bonchev–Trinajstić information content (AvgIpc) is 2.89. The van der Waals surface area contributed by atoms with Crippen LogP contribution in [0.3, 0.4) is 0 Å². The highest BCUT2D eigenvalue weighted by Crippen LogP contribution is 2.16. The van der Waals surface area contributed by atoms with Crippen LogP contribution in [0.4, 0.5) is 5.69 Å². The minimum absolute atomic E-state index is 0.449. The zero-order valence-corrected chi connectivity index (χ0v) is 11.6. The predicted molar refractivity (Wildman–Crippen MR) is 80.2 cm³/mol. The molecule has 0 atom stereocenters. The Morgan fingerprint density at radius 1 is 1.15 bits per heavy atom. The average molecular weight is 267 g/mol. The van der Waals surface area contributed by atoms with Gasteiger partial charge in [-0.1, -0.05) is 17.7 Å². The summed E-state index contributed by atoms with van der Waals surface area (Å²) in [4.78, 5) is 4.41. The number of nitrogens with one attached hydrogen (secondary N) is 1. The molecule has 1 N–H and O–H groups in total. The summed E-state index contributed by atoms with van der Waals surface area (Å²) >= 11 is 0. The van der Waals surface area contributed by atoms with E-state index in [0.29, 0.717) is 6.61 Å². The summed E-state index contributed by atoms with van der Waals surface area (Å²) in [6.45, 7) is 2.51. The fraction of sp³-hybridized carbons (Fsp3) is 0.188. The summed E-state index contributed by atoms with van der Waals surface area (Å²) in [6, 6.07) is 12.1. The fourth-order valence-electron chi connectivity index (χ4n) is 2.08. The minimum Gasteiger partial charge on any atom is -0.486 e. The largest absolute Gasteiger partial charge is 0.486 e. The Morgan fingerprint density at radius 2 is 1.95 bits per heavy atom. The molecular weight excluding hydrogens is 250 g/mol. The highest BCUT2D eigenvalue weighted by Gasteiger charge is 2.05. The predicted octanol–water partition coefficient (Wildman–Crippen LogP) is 3.26. The van der Waals surface area contributed by atoms with Gasteiger partial charge in [0.15, 0.2) is 5.82 Å². The Balaban J connectivity index is 1.81. The second-order valence-corrected chi connectivity index (χ2v) is 4.74. The topological polar surface area (TPSA) is 38.6 Å². The summed E-state index contributed by atoms with van der Waals surface area (Å²) in [6.07, 6.45) is 3.88. The van der Waals surface area contributed by atoms with Crippen LogP contribution < -0.4 is 10.1 Å². The van der Waals surface area contributed by atoms with Crippen LogP contribution >= 0.6 is 0 Å². The fourth-order valence-corrected chi connectivity index (χ4v) is 2.08. The molecule has 0 unspecified atom stereocenters. The molecule has 0 aliphatic heterocycles. The van der Waals surface area contributed by atoms with Gasteiger partial charge in [-0.3, -0.25) is 4.40 Å². The summed E-state index contributed by atoms with van der Waals surface area (Å²) in [5, 5.41) is 3.13. The van der Waals surface area contributed by atoms with Crippen molar-refractivity contribution in [1.82, 2.24) is 9.38 Å². The van der Waals surface area contributed by atoms with E-state index in [9.17, 15) is 0 Å². The van der Waals surface area contributed by atoms with Crippen molar-refractivity contribution >= 4 is 11.2 Å². The van der Waals surface area contributed by atoms with Gasteiger partial charge in [0.25, 0.3) is 0 Å². The first-order valence-electron chi connectivity index (χ1n) is 6.59. The molecule has 0 bridgehead atoms. The molecule has 0 saturated carbocycles. The Hall–Kier alpha value is -2.49. The molecule has 4 nitrogen and oxygen atoms in total. The highest BCUT2D eigenvalue weighted by molar-refractivity contribution is 5.53. The Labute approximate surface area is 118 Å². The van der Waals surface area contributed by atoms with Crippen LogP contribution in [-0.4, -0.2) is 16.4 Å². The molecule has 0 amide bonds. The van der Waals surface area contributed by atoms with E-state index in [-0.39, 0.29) is 0 Å². The molecule has 3 rings (SSSR count). The normalized spacial score (nSPS) is 10.7. The third-order valence-electron chi connectivity index (χ3n) is 3.28. The lowest BCUT2D eigenvalue weighted by atomic mass is 10.2. The molecule has 0 aliphatic rings. The Morgan fingerprint density at radius 3 is 2.70 bits per heavy atom. The van der Waals surface area contributed by atoms with E-state index < -0.39 is 0 Å². The van der Waals surface area contributed by atoms with Crippen LogP contribution in [0.5, 0.6) is 5.75 Å². The third kappa shape index (κ3) is 2.45. The molecule has 4 heteroatoms. The van der Waals surface area contributed by atoms with E-state index in [1.165, 1.54) is 5.56 Å². The lowest BCUT2D eigenvalue weighted by molar-refractivity contribution is 0.295. The summed E-state index contributed by atoms with van der Waals surface area (Å²) in [5.74, 6) is 1.75. The molecule has 0 radical (unpaired) electrons. The number of aryl methyl sites for hydroxylation is 1. The highest BCUT2D eigenvalue weighted by atomic mass is 16.5. The SMILES string of the molecule is CNc1ccc2cnc(COc3ccc(C)cc3)n2c1. The molecule has 0 saturated heterocycles. The second kappa shape index (κ2) is 5.25. The maximum absolute atomic E-state index is 5.78. The minimum atomic E-state index is 0.449. The number of anilines is 1. The van der Waals surface area contributed by atoms with E-state index in [1.54, 1.807) is 0 Å². The van der Waals surface area contributed by atoms with Gasteiger partial charge in [-0.15, -0.1) is 0 Å². The molecule has 3 aromatic rings. The number of imidazole rings is 1. The number of benzene rings is 1. The van der Waals surface area contributed by atoms with Crippen molar-refractivity contribution in [2.45, 2.75) is 13.5 Å². The number of nitrogens with zero attached hydrogens (tertiary/aromatic N) is 2. The van der Waals surface area contributed by atoms with E-state index in [0.717, 1.165) is 22.8 Å².